The van der Waals surface area contributed by atoms with Gasteiger partial charge in [-0.15, -0.1) is 0 Å². The minimum Gasteiger partial charge on any atom is -0.507 e. The second-order valence-corrected chi connectivity index (χ2v) is 4.33. The Morgan fingerprint density at radius 3 is 2.41 bits per heavy atom. The van der Waals surface area contributed by atoms with Crippen molar-refractivity contribution in [2.24, 2.45) is 0 Å². The van der Waals surface area contributed by atoms with E-state index in [0.29, 0.717) is 12.4 Å². The summed E-state index contributed by atoms with van der Waals surface area (Å²) in [7, 11) is 1.64. The van der Waals surface area contributed by atoms with Gasteiger partial charge in [0.15, 0.2) is 11.3 Å². The highest BCUT2D eigenvalue weighted by molar-refractivity contribution is 5.90. The Bertz CT molecular complexity index is 746. The monoisotopic (exact) mass is 304 g/mol. The van der Waals surface area contributed by atoms with Gasteiger partial charge in [-0.3, -0.25) is 0 Å². The van der Waals surface area contributed by atoms with E-state index < -0.39 is 5.97 Å². The summed E-state index contributed by atoms with van der Waals surface area (Å²) in [5.41, 5.74) is 1.58. The fourth-order valence-electron chi connectivity index (χ4n) is 1.87. The predicted molar refractivity (Wildman–Crippen MR) is 80.2 cm³/mol. The number of benzene rings is 2. The van der Waals surface area contributed by atoms with Crippen LogP contribution in [0.15, 0.2) is 40.8 Å². The van der Waals surface area contributed by atoms with Crippen LogP contribution in [0.5, 0.6) is 17.2 Å². The van der Waals surface area contributed by atoms with Crippen LogP contribution in [-0.4, -0.2) is 29.9 Å². The molecule has 3 rings (SSSR count). The van der Waals surface area contributed by atoms with E-state index in [2.05, 4.69) is 0 Å². The summed E-state index contributed by atoms with van der Waals surface area (Å²) < 4.78 is 15.2. The van der Waals surface area contributed by atoms with Crippen molar-refractivity contribution < 1.29 is 28.9 Å². The Hall–Kier alpha value is -2.89. The number of methoxy groups -OCH3 is 1. The van der Waals surface area contributed by atoms with Gasteiger partial charge in [-0.05, 0) is 31.2 Å². The van der Waals surface area contributed by atoms with Crippen LogP contribution in [0, 0.1) is 0 Å². The van der Waals surface area contributed by atoms with Crippen LogP contribution in [0.25, 0.3) is 11.2 Å². The van der Waals surface area contributed by atoms with Crippen LogP contribution >= 0.6 is 0 Å². The molecule has 0 saturated carbocycles. The molecule has 0 aliphatic heterocycles. The molecule has 22 heavy (non-hydrogen) atoms. The Balaban J connectivity index is 0.000000170. The molecule has 2 heterocycles. The molecule has 0 aliphatic carbocycles. The minimum absolute atomic E-state index is 0.122. The zero-order valence-corrected chi connectivity index (χ0v) is 12.2. The number of phenols is 1. The molecule has 0 unspecified atom stereocenters. The van der Waals surface area contributed by atoms with Gasteiger partial charge in [0.05, 0.1) is 13.7 Å². The SMILES string of the molecule is CCOc1ccc(C(=O)O)c(O)c1.COc1cc2ccc1o2. The van der Waals surface area contributed by atoms with Crippen LogP contribution in [0.3, 0.4) is 0 Å². The standard InChI is InChI=1S/C9H10O4.C7H6O2/c1-2-13-6-3-4-7(9(11)12)8(10)5-6;1-8-7-4-5-2-3-6(7)9-5/h3-5,10H,2H2,1H3,(H,11,12);2-4H,1H3. The number of carboxylic acids is 1. The Labute approximate surface area is 126 Å². The highest BCUT2D eigenvalue weighted by Gasteiger charge is 2.09. The van der Waals surface area contributed by atoms with E-state index in [1.165, 1.54) is 18.2 Å². The topological polar surface area (TPSA) is 89.1 Å². The molecule has 0 amide bonds. The van der Waals surface area contributed by atoms with Crippen molar-refractivity contribution in [2.75, 3.05) is 13.7 Å². The summed E-state index contributed by atoms with van der Waals surface area (Å²) in [6.45, 7) is 2.29. The number of carboxylic acid groups (broad SMARTS) is 1. The lowest BCUT2D eigenvalue weighted by Crippen LogP contribution is -1.97. The summed E-state index contributed by atoms with van der Waals surface area (Å²) >= 11 is 0. The average Bonchev–Trinajstić information content (AvgIpc) is 3.10. The number of hydrogen-bond acceptors (Lipinski definition) is 5. The quantitative estimate of drug-likeness (QED) is 0.768. The minimum atomic E-state index is -1.15. The van der Waals surface area contributed by atoms with Gasteiger partial charge in [0.25, 0.3) is 0 Å². The fraction of sp³-hybridized carbons (Fsp3) is 0.188. The molecule has 1 aromatic carbocycles. The van der Waals surface area contributed by atoms with Crippen LogP contribution in [-0.2, 0) is 0 Å². The van der Waals surface area contributed by atoms with Gasteiger partial charge in [0.1, 0.15) is 22.6 Å². The lowest BCUT2D eigenvalue weighted by atomic mass is 10.2. The smallest absolute Gasteiger partial charge is 0.339 e. The van der Waals surface area contributed by atoms with Crippen molar-refractivity contribution in [1.82, 2.24) is 0 Å². The number of ether oxygens (including phenoxy) is 2. The second-order valence-electron chi connectivity index (χ2n) is 4.33. The van der Waals surface area contributed by atoms with Crippen molar-refractivity contribution in [3.8, 4) is 17.2 Å². The molecule has 2 bridgehead atoms. The van der Waals surface area contributed by atoms with E-state index in [1.807, 2.05) is 25.1 Å². The number of furan rings is 2. The van der Waals surface area contributed by atoms with Crippen molar-refractivity contribution in [3.63, 3.8) is 0 Å². The highest BCUT2D eigenvalue weighted by Crippen LogP contribution is 2.28. The van der Waals surface area contributed by atoms with E-state index in [4.69, 9.17) is 19.0 Å². The van der Waals surface area contributed by atoms with Crippen LogP contribution in [0.1, 0.15) is 17.3 Å². The Kier molecular flexibility index (Phi) is 4.73. The molecule has 2 aromatic heterocycles. The average molecular weight is 304 g/mol. The van der Waals surface area contributed by atoms with Crippen LogP contribution in [0.4, 0.5) is 0 Å². The lowest BCUT2D eigenvalue weighted by Gasteiger charge is -2.04. The first kappa shape index (κ1) is 15.5. The van der Waals surface area contributed by atoms with Crippen LogP contribution < -0.4 is 9.47 Å². The third kappa shape index (κ3) is 3.41. The van der Waals surface area contributed by atoms with Crippen molar-refractivity contribution >= 4 is 17.1 Å². The summed E-state index contributed by atoms with van der Waals surface area (Å²) in [5.74, 6) is -0.142. The largest absolute Gasteiger partial charge is 0.507 e. The molecule has 6 nitrogen and oxygen atoms in total. The fourth-order valence-corrected chi connectivity index (χ4v) is 1.87. The molecule has 116 valence electrons. The maximum absolute atomic E-state index is 10.5. The zero-order chi connectivity index (χ0) is 16.1. The van der Waals surface area contributed by atoms with E-state index in [9.17, 15) is 9.90 Å². The molecule has 0 spiro atoms. The van der Waals surface area contributed by atoms with Crippen molar-refractivity contribution in [2.45, 2.75) is 6.92 Å². The molecule has 0 fully saturated rings. The van der Waals surface area contributed by atoms with Gasteiger partial charge in [0, 0.05) is 12.1 Å². The summed E-state index contributed by atoms with van der Waals surface area (Å²) in [6, 6.07) is 9.78. The summed E-state index contributed by atoms with van der Waals surface area (Å²) in [4.78, 5) is 10.5. The molecular weight excluding hydrogens is 288 g/mol. The lowest BCUT2D eigenvalue weighted by molar-refractivity contribution is 0.0693. The highest BCUT2D eigenvalue weighted by atomic mass is 16.5. The number of aromatic hydroxyl groups is 1. The van der Waals surface area contributed by atoms with E-state index in [1.54, 1.807) is 7.11 Å². The number of fused-ring (bicyclic) bond motifs is 2. The number of hydrogen-bond donors (Lipinski definition) is 2. The first-order chi connectivity index (χ1) is 10.5. The Morgan fingerprint density at radius 2 is 2.00 bits per heavy atom. The maximum Gasteiger partial charge on any atom is 0.339 e. The van der Waals surface area contributed by atoms with E-state index in [0.717, 1.165) is 16.9 Å². The van der Waals surface area contributed by atoms with E-state index >= 15 is 0 Å². The molecule has 2 N–H and O–H groups in total. The summed E-state index contributed by atoms with van der Waals surface area (Å²) in [5, 5.41) is 17.8. The number of aromatic carboxylic acids is 1. The van der Waals surface area contributed by atoms with Gasteiger partial charge in [-0.1, -0.05) is 0 Å². The predicted octanol–water partition coefficient (Wildman–Crippen LogP) is 3.37. The molecule has 6 heteroatoms. The van der Waals surface area contributed by atoms with Gasteiger partial charge >= 0.3 is 5.97 Å². The normalized spacial score (nSPS) is 10.1. The number of carbonyl (C=O) groups is 1. The zero-order valence-electron chi connectivity index (χ0n) is 12.2. The molecule has 0 aliphatic rings. The van der Waals surface area contributed by atoms with Gasteiger partial charge < -0.3 is 24.1 Å². The molecule has 0 atom stereocenters. The molecule has 0 radical (unpaired) electrons. The van der Waals surface area contributed by atoms with Crippen molar-refractivity contribution in [1.29, 1.82) is 0 Å². The third-order valence-corrected chi connectivity index (χ3v) is 2.87. The Morgan fingerprint density at radius 1 is 1.23 bits per heavy atom. The first-order valence-electron chi connectivity index (χ1n) is 6.60. The number of rotatable bonds is 4. The van der Waals surface area contributed by atoms with Crippen molar-refractivity contribution in [3.05, 3.63) is 42.0 Å². The molecule has 0 saturated heterocycles. The molecular formula is C16H16O6. The third-order valence-electron chi connectivity index (χ3n) is 2.87. The van der Waals surface area contributed by atoms with Gasteiger partial charge in [0.2, 0.25) is 0 Å². The van der Waals surface area contributed by atoms with E-state index in [-0.39, 0.29) is 11.3 Å². The maximum atomic E-state index is 10.5. The summed E-state index contributed by atoms with van der Waals surface area (Å²) in [6.07, 6.45) is 0. The van der Waals surface area contributed by atoms with Gasteiger partial charge in [-0.25, -0.2) is 4.79 Å². The van der Waals surface area contributed by atoms with Crippen LogP contribution in [0.2, 0.25) is 0 Å². The first-order valence-corrected chi connectivity index (χ1v) is 6.60. The van der Waals surface area contributed by atoms with Gasteiger partial charge in [-0.2, -0.15) is 0 Å². The molecule has 3 aromatic rings. The second kappa shape index (κ2) is 6.71.